The lowest BCUT2D eigenvalue weighted by Crippen LogP contribution is -2.31. The van der Waals surface area contributed by atoms with Crippen molar-refractivity contribution < 1.29 is 9.53 Å². The lowest BCUT2D eigenvalue weighted by atomic mass is 10.1. The van der Waals surface area contributed by atoms with Crippen LogP contribution in [0.2, 0.25) is 0 Å². The highest BCUT2D eigenvalue weighted by molar-refractivity contribution is 5.68. The molecular formula is C17H23NO2. The van der Waals surface area contributed by atoms with Gasteiger partial charge >= 0.3 is 6.09 Å². The van der Waals surface area contributed by atoms with Gasteiger partial charge in [-0.05, 0) is 18.9 Å². The van der Waals surface area contributed by atoms with Crippen molar-refractivity contribution in [1.29, 1.82) is 0 Å². The van der Waals surface area contributed by atoms with Gasteiger partial charge in [-0.1, -0.05) is 49.6 Å². The van der Waals surface area contributed by atoms with Gasteiger partial charge in [-0.15, -0.1) is 5.92 Å². The average Bonchev–Trinajstić information content (AvgIpc) is 2.48. The van der Waals surface area contributed by atoms with Crippen molar-refractivity contribution in [2.75, 3.05) is 13.7 Å². The Kier molecular flexibility index (Phi) is 7.27. The summed E-state index contributed by atoms with van der Waals surface area (Å²) in [5, 5.41) is 0. The number of hydrogen-bond acceptors (Lipinski definition) is 2. The Hall–Kier alpha value is -1.95. The van der Waals surface area contributed by atoms with Crippen LogP contribution in [0.3, 0.4) is 0 Å². The van der Waals surface area contributed by atoms with Crippen molar-refractivity contribution in [3.63, 3.8) is 0 Å². The van der Waals surface area contributed by atoms with E-state index in [4.69, 9.17) is 4.74 Å². The molecule has 1 aromatic rings. The number of hydrogen-bond donors (Lipinski definition) is 0. The molecule has 0 aromatic heterocycles. The Morgan fingerprint density at radius 1 is 1.30 bits per heavy atom. The van der Waals surface area contributed by atoms with Gasteiger partial charge in [-0.2, -0.15) is 0 Å². The molecule has 20 heavy (non-hydrogen) atoms. The average molecular weight is 273 g/mol. The van der Waals surface area contributed by atoms with Gasteiger partial charge < -0.3 is 4.74 Å². The molecule has 0 fully saturated rings. The number of unbranched alkanes of at least 4 members (excludes halogenated alkanes) is 2. The van der Waals surface area contributed by atoms with Crippen LogP contribution in [0.4, 0.5) is 4.79 Å². The normalized spacial score (nSPS) is 11.2. The van der Waals surface area contributed by atoms with E-state index in [0.717, 1.165) is 24.8 Å². The number of nitrogens with zero attached hydrogens (tertiary/aromatic N) is 1. The topological polar surface area (TPSA) is 29.5 Å². The van der Waals surface area contributed by atoms with E-state index in [-0.39, 0.29) is 12.1 Å². The smallest absolute Gasteiger partial charge is 0.410 e. The minimum atomic E-state index is -0.342. The molecule has 1 aromatic carbocycles. The highest BCUT2D eigenvalue weighted by Gasteiger charge is 2.20. The predicted molar refractivity (Wildman–Crippen MR) is 81.3 cm³/mol. The van der Waals surface area contributed by atoms with Crippen molar-refractivity contribution in [2.45, 2.75) is 39.2 Å². The van der Waals surface area contributed by atoms with E-state index in [1.54, 1.807) is 18.9 Å². The fraction of sp³-hybridized carbons (Fsp3) is 0.471. The summed E-state index contributed by atoms with van der Waals surface area (Å²) in [6.45, 7) is 4.31. The van der Waals surface area contributed by atoms with Crippen LogP contribution in [0.25, 0.3) is 0 Å². The summed E-state index contributed by atoms with van der Waals surface area (Å²) in [5.74, 6) is 6.35. The van der Waals surface area contributed by atoms with Crippen molar-refractivity contribution in [1.82, 2.24) is 4.90 Å². The molecular weight excluding hydrogens is 250 g/mol. The van der Waals surface area contributed by atoms with Gasteiger partial charge in [0.25, 0.3) is 0 Å². The monoisotopic (exact) mass is 273 g/mol. The van der Waals surface area contributed by atoms with Gasteiger partial charge in [-0.3, -0.25) is 4.90 Å². The minimum Gasteiger partial charge on any atom is -0.450 e. The maximum absolute atomic E-state index is 11.9. The Balaban J connectivity index is 2.89. The SMILES string of the molecule is CCCCC#CC(c1ccccc1)N(C)C(=O)OCC. The summed E-state index contributed by atoms with van der Waals surface area (Å²) in [6, 6.07) is 9.57. The predicted octanol–water partition coefficient (Wildman–Crippen LogP) is 4.01. The Morgan fingerprint density at radius 3 is 2.60 bits per heavy atom. The lowest BCUT2D eigenvalue weighted by molar-refractivity contribution is 0.109. The van der Waals surface area contributed by atoms with E-state index in [1.165, 1.54) is 0 Å². The maximum atomic E-state index is 11.9. The summed E-state index contributed by atoms with van der Waals surface area (Å²) >= 11 is 0. The zero-order chi connectivity index (χ0) is 14.8. The molecule has 1 atom stereocenters. The third-order valence-corrected chi connectivity index (χ3v) is 2.95. The summed E-state index contributed by atoms with van der Waals surface area (Å²) in [6.07, 6.45) is 2.72. The van der Waals surface area contributed by atoms with Crippen LogP contribution in [0.15, 0.2) is 30.3 Å². The molecule has 0 bridgehead atoms. The van der Waals surface area contributed by atoms with E-state index < -0.39 is 0 Å². The number of amides is 1. The molecule has 0 aliphatic carbocycles. The van der Waals surface area contributed by atoms with E-state index in [0.29, 0.717) is 6.61 Å². The first kappa shape index (κ1) is 16.1. The van der Waals surface area contributed by atoms with Crippen molar-refractivity contribution in [2.24, 2.45) is 0 Å². The first-order chi connectivity index (χ1) is 9.70. The van der Waals surface area contributed by atoms with E-state index in [9.17, 15) is 4.79 Å². The van der Waals surface area contributed by atoms with Gasteiger partial charge in [0, 0.05) is 13.5 Å². The molecule has 3 heteroatoms. The zero-order valence-corrected chi connectivity index (χ0v) is 12.6. The molecule has 0 saturated heterocycles. The van der Waals surface area contributed by atoms with Gasteiger partial charge in [-0.25, -0.2) is 4.79 Å². The fourth-order valence-electron chi connectivity index (χ4n) is 1.80. The number of rotatable bonds is 5. The summed E-state index contributed by atoms with van der Waals surface area (Å²) in [7, 11) is 1.73. The van der Waals surface area contributed by atoms with Gasteiger partial charge in [0.1, 0.15) is 6.04 Å². The van der Waals surface area contributed by atoms with Crippen LogP contribution in [-0.2, 0) is 4.74 Å². The number of carbonyl (C=O) groups is 1. The third kappa shape index (κ3) is 4.97. The summed E-state index contributed by atoms with van der Waals surface area (Å²) in [5.41, 5.74) is 1.01. The Labute approximate surface area is 121 Å². The van der Waals surface area contributed by atoms with Crippen molar-refractivity contribution in [3.8, 4) is 11.8 Å². The molecule has 0 N–H and O–H groups in total. The highest BCUT2D eigenvalue weighted by atomic mass is 16.6. The molecule has 0 radical (unpaired) electrons. The lowest BCUT2D eigenvalue weighted by Gasteiger charge is -2.23. The van der Waals surface area contributed by atoms with Gasteiger partial charge in [0.2, 0.25) is 0 Å². The second-order valence-electron chi connectivity index (χ2n) is 4.55. The molecule has 0 aliphatic heterocycles. The van der Waals surface area contributed by atoms with Crippen LogP contribution in [-0.4, -0.2) is 24.6 Å². The standard InChI is InChI=1S/C17H23NO2/c1-4-6-7-11-14-16(15-12-9-8-10-13-15)18(3)17(19)20-5-2/h8-10,12-13,16H,4-7H2,1-3H3. The first-order valence-electron chi connectivity index (χ1n) is 7.13. The molecule has 0 saturated carbocycles. The number of benzene rings is 1. The molecule has 3 nitrogen and oxygen atoms in total. The number of carbonyl (C=O) groups excluding carboxylic acids is 1. The van der Waals surface area contributed by atoms with Crippen LogP contribution in [0.5, 0.6) is 0 Å². The third-order valence-electron chi connectivity index (χ3n) is 2.95. The number of ether oxygens (including phenoxy) is 1. The van der Waals surface area contributed by atoms with Crippen LogP contribution >= 0.6 is 0 Å². The zero-order valence-electron chi connectivity index (χ0n) is 12.6. The molecule has 1 unspecified atom stereocenters. The van der Waals surface area contributed by atoms with Crippen molar-refractivity contribution >= 4 is 6.09 Å². The fourth-order valence-corrected chi connectivity index (χ4v) is 1.80. The molecule has 1 amide bonds. The highest BCUT2D eigenvalue weighted by Crippen LogP contribution is 2.19. The van der Waals surface area contributed by atoms with Gasteiger partial charge in [0.15, 0.2) is 0 Å². The quantitative estimate of drug-likeness (QED) is 0.599. The molecule has 0 spiro atoms. The Bertz CT molecular complexity index is 459. The van der Waals surface area contributed by atoms with Crippen molar-refractivity contribution in [3.05, 3.63) is 35.9 Å². The van der Waals surface area contributed by atoms with Crippen LogP contribution in [0.1, 0.15) is 44.7 Å². The Morgan fingerprint density at radius 2 is 2.00 bits per heavy atom. The minimum absolute atomic E-state index is 0.257. The molecule has 0 heterocycles. The van der Waals surface area contributed by atoms with E-state index in [1.807, 2.05) is 30.3 Å². The largest absolute Gasteiger partial charge is 0.450 e. The van der Waals surface area contributed by atoms with E-state index >= 15 is 0 Å². The van der Waals surface area contributed by atoms with Gasteiger partial charge in [0.05, 0.1) is 6.61 Å². The first-order valence-corrected chi connectivity index (χ1v) is 7.13. The van der Waals surface area contributed by atoms with Crippen LogP contribution in [0, 0.1) is 11.8 Å². The summed E-state index contributed by atoms with van der Waals surface area (Å²) < 4.78 is 5.05. The maximum Gasteiger partial charge on any atom is 0.410 e. The van der Waals surface area contributed by atoms with Crippen LogP contribution < -0.4 is 0 Å². The second-order valence-corrected chi connectivity index (χ2v) is 4.55. The molecule has 108 valence electrons. The molecule has 0 aliphatic rings. The van der Waals surface area contributed by atoms with E-state index in [2.05, 4.69) is 18.8 Å². The molecule has 1 rings (SSSR count). The second kappa shape index (κ2) is 9.03. The summed E-state index contributed by atoms with van der Waals surface area (Å²) in [4.78, 5) is 13.4.